The monoisotopic (exact) mass is 762 g/mol. The lowest BCUT2D eigenvalue weighted by atomic mass is 9.61. The van der Waals surface area contributed by atoms with Crippen LogP contribution in [-0.4, -0.2) is 46.6 Å². The van der Waals surface area contributed by atoms with E-state index in [0.717, 1.165) is 44.1 Å². The summed E-state index contributed by atoms with van der Waals surface area (Å²) in [5.74, 6) is 1.08. The third kappa shape index (κ3) is 10.7. The van der Waals surface area contributed by atoms with Gasteiger partial charge in [0, 0.05) is 6.42 Å². The van der Waals surface area contributed by atoms with Crippen molar-refractivity contribution in [3.63, 3.8) is 0 Å². The predicted molar refractivity (Wildman–Crippen MR) is 220 cm³/mol. The molecule has 0 spiro atoms. The molecular weight excluding hydrogens is 688 g/mol. The minimum absolute atomic E-state index is 0.0333. The van der Waals surface area contributed by atoms with Gasteiger partial charge in [-0.15, -0.1) is 0 Å². The smallest absolute Gasteiger partial charge is 0.401 e. The lowest BCUT2D eigenvalue weighted by Crippen LogP contribution is -2.49. The van der Waals surface area contributed by atoms with Crippen molar-refractivity contribution in [3.05, 3.63) is 47.6 Å². The SMILES string of the molecule is C=C1/C(=C\C=C2/CCC[C@@]3(C)C2CC[C@@H]3[C@H](C)/C=C/C(=O)P(=O)(OC(C)C)OC(C)C)C[C@@H](O[Si](C)(C)C(C)(C)C)C[C@@H]1O[Si](C)(C)C(C)(C)C. The summed E-state index contributed by atoms with van der Waals surface area (Å²) < 4.78 is 38.7. The van der Waals surface area contributed by atoms with Crippen LogP contribution in [0.3, 0.4) is 0 Å². The van der Waals surface area contributed by atoms with Crippen LogP contribution in [0, 0.1) is 23.2 Å². The van der Waals surface area contributed by atoms with E-state index in [2.05, 4.69) is 100 Å². The summed E-state index contributed by atoms with van der Waals surface area (Å²) in [6.07, 6.45) is 15.0. The maximum absolute atomic E-state index is 13.4. The first-order valence-corrected chi connectivity index (χ1v) is 27.1. The fourth-order valence-electron chi connectivity index (χ4n) is 8.05. The maximum atomic E-state index is 13.4. The molecule has 3 saturated carbocycles. The van der Waals surface area contributed by atoms with E-state index in [1.807, 2.05) is 6.08 Å². The minimum Gasteiger partial charge on any atom is -0.413 e. The van der Waals surface area contributed by atoms with E-state index >= 15 is 0 Å². The van der Waals surface area contributed by atoms with Gasteiger partial charge in [0.25, 0.3) is 5.52 Å². The quantitative estimate of drug-likeness (QED) is 0.106. The number of rotatable bonds is 13. The Morgan fingerprint density at radius 2 is 1.45 bits per heavy atom. The first-order valence-electron chi connectivity index (χ1n) is 19.8. The molecule has 0 bridgehead atoms. The molecule has 3 fully saturated rings. The van der Waals surface area contributed by atoms with Crippen molar-refractivity contribution in [1.82, 2.24) is 0 Å². The summed E-state index contributed by atoms with van der Waals surface area (Å²) in [5.41, 5.74) is 3.50. The molecule has 0 amide bonds. The van der Waals surface area contributed by atoms with Gasteiger partial charge in [0.15, 0.2) is 16.6 Å². The number of carbonyl (C=O) groups is 1. The van der Waals surface area contributed by atoms with Crippen molar-refractivity contribution < 1.29 is 27.3 Å². The molecule has 0 aromatic rings. The van der Waals surface area contributed by atoms with Gasteiger partial charge in [-0.1, -0.05) is 85.8 Å². The van der Waals surface area contributed by atoms with E-state index < -0.39 is 29.8 Å². The molecule has 51 heavy (non-hydrogen) atoms. The van der Waals surface area contributed by atoms with Crippen molar-refractivity contribution in [2.75, 3.05) is 0 Å². The number of fused-ring (bicyclic) bond motifs is 1. The zero-order chi connectivity index (χ0) is 39.0. The summed E-state index contributed by atoms with van der Waals surface area (Å²) in [6, 6.07) is 0. The molecule has 292 valence electrons. The molecule has 0 radical (unpaired) electrons. The first kappa shape index (κ1) is 44.5. The van der Waals surface area contributed by atoms with E-state index in [1.54, 1.807) is 27.7 Å². The summed E-state index contributed by atoms with van der Waals surface area (Å²) in [6.45, 7) is 39.7. The van der Waals surface area contributed by atoms with Crippen LogP contribution in [0.25, 0.3) is 0 Å². The number of carbonyl (C=O) groups excluding carboxylic acids is 1. The standard InChI is InChI=1S/C42H75O6PSi2/c1-29(2)45-49(44,46-30(3)4)39(43)25-20-31(5)36-23-24-37-33(19-18-26-42(36,37)13)21-22-34-27-35(47-50(14,15)40(7,8)9)28-38(32(34)6)48-51(16,17)41(10,11)12/h20-22,25,29-31,35-38H,6,18-19,23-24,26-28H2,1-5,7-17H3/b25-20+,33-21+,34-22-/t31-,35-,36-,37?,38+,42-/m1/s1. The highest BCUT2D eigenvalue weighted by atomic mass is 31.2. The van der Waals surface area contributed by atoms with Crippen molar-refractivity contribution in [2.24, 2.45) is 23.2 Å². The normalized spacial score (nSPS) is 29.5. The Kier molecular flexibility index (Phi) is 14.4. The number of hydrogen-bond donors (Lipinski definition) is 0. The van der Waals surface area contributed by atoms with Crippen molar-refractivity contribution in [3.8, 4) is 0 Å². The Bertz CT molecular complexity index is 1380. The molecule has 3 aliphatic rings. The van der Waals surface area contributed by atoms with Crippen LogP contribution < -0.4 is 0 Å². The highest BCUT2D eigenvalue weighted by Crippen LogP contribution is 2.60. The Balaban J connectivity index is 1.88. The molecule has 3 aliphatic carbocycles. The molecule has 1 unspecified atom stereocenters. The molecule has 0 aromatic heterocycles. The molecule has 0 heterocycles. The molecule has 9 heteroatoms. The second kappa shape index (κ2) is 16.5. The molecule has 0 N–H and O–H groups in total. The number of allylic oxidation sites excluding steroid dienone is 5. The van der Waals surface area contributed by atoms with Crippen molar-refractivity contribution in [2.45, 2.75) is 189 Å². The zero-order valence-corrected chi connectivity index (χ0v) is 38.3. The molecule has 3 rings (SSSR count). The van der Waals surface area contributed by atoms with Gasteiger partial charge in [0.2, 0.25) is 0 Å². The van der Waals surface area contributed by atoms with Gasteiger partial charge < -0.3 is 17.9 Å². The predicted octanol–water partition coefficient (Wildman–Crippen LogP) is 12.9. The zero-order valence-electron chi connectivity index (χ0n) is 35.4. The van der Waals surface area contributed by atoms with Crippen LogP contribution in [0.1, 0.15) is 128 Å². The van der Waals surface area contributed by atoms with Gasteiger partial charge in [-0.3, -0.25) is 9.36 Å². The first-order chi connectivity index (χ1) is 23.1. The van der Waals surface area contributed by atoms with Gasteiger partial charge in [0.1, 0.15) is 0 Å². The summed E-state index contributed by atoms with van der Waals surface area (Å²) >= 11 is 0. The van der Waals surface area contributed by atoms with Gasteiger partial charge in [0.05, 0.1) is 24.4 Å². The topological polar surface area (TPSA) is 71.1 Å². The van der Waals surface area contributed by atoms with Crippen molar-refractivity contribution in [1.29, 1.82) is 0 Å². The van der Waals surface area contributed by atoms with Gasteiger partial charge in [-0.05, 0) is 143 Å². The van der Waals surface area contributed by atoms with Crippen LogP contribution >= 0.6 is 7.60 Å². The van der Waals surface area contributed by atoms with Gasteiger partial charge in [-0.2, -0.15) is 0 Å². The van der Waals surface area contributed by atoms with Crippen LogP contribution in [-0.2, 0) is 27.3 Å². The second-order valence-electron chi connectivity index (χ2n) is 19.7. The molecule has 6 nitrogen and oxygen atoms in total. The molecule has 0 aromatic carbocycles. The summed E-state index contributed by atoms with van der Waals surface area (Å²) in [4.78, 5) is 13.2. The molecule has 6 atom stereocenters. The van der Waals surface area contributed by atoms with Crippen molar-refractivity contribution >= 4 is 29.8 Å². The van der Waals surface area contributed by atoms with Gasteiger partial charge in [-0.25, -0.2) is 0 Å². The molecule has 0 aliphatic heterocycles. The second-order valence-corrected chi connectivity index (χ2v) is 31.1. The highest BCUT2D eigenvalue weighted by Gasteiger charge is 2.51. The van der Waals surface area contributed by atoms with E-state index in [9.17, 15) is 9.36 Å². The van der Waals surface area contributed by atoms with Crippen LogP contribution in [0.5, 0.6) is 0 Å². The van der Waals surface area contributed by atoms with Crippen LogP contribution in [0.2, 0.25) is 36.3 Å². The fourth-order valence-corrected chi connectivity index (χ4v) is 12.4. The van der Waals surface area contributed by atoms with Crippen LogP contribution in [0.15, 0.2) is 47.6 Å². The summed E-state index contributed by atoms with van der Waals surface area (Å²) in [7, 11) is -7.92. The maximum Gasteiger partial charge on any atom is 0.401 e. The Hall–Kier alpha value is -0.866. The number of hydrogen-bond acceptors (Lipinski definition) is 6. The van der Waals surface area contributed by atoms with Gasteiger partial charge >= 0.3 is 7.60 Å². The Morgan fingerprint density at radius 1 is 0.902 bits per heavy atom. The molecular formula is C42H75O6PSi2. The summed E-state index contributed by atoms with van der Waals surface area (Å²) in [5, 5.41) is 0.249. The fraction of sp³-hybridized carbons (Fsp3) is 0.786. The lowest BCUT2D eigenvalue weighted by molar-refractivity contribution is -0.110. The third-order valence-electron chi connectivity index (χ3n) is 12.9. The average molecular weight is 763 g/mol. The Morgan fingerprint density at radius 3 is 1.98 bits per heavy atom. The van der Waals surface area contributed by atoms with E-state index in [4.69, 9.17) is 17.9 Å². The molecule has 0 saturated heterocycles. The van der Waals surface area contributed by atoms with E-state index in [0.29, 0.717) is 11.8 Å². The van der Waals surface area contributed by atoms with E-state index in [-0.39, 0.29) is 45.8 Å². The Labute approximate surface area is 315 Å². The lowest BCUT2D eigenvalue weighted by Gasteiger charge is -2.45. The highest BCUT2D eigenvalue weighted by molar-refractivity contribution is 7.72. The van der Waals surface area contributed by atoms with Crippen LogP contribution in [0.4, 0.5) is 0 Å². The van der Waals surface area contributed by atoms with E-state index in [1.165, 1.54) is 23.6 Å². The third-order valence-corrected chi connectivity index (χ3v) is 24.0. The minimum atomic E-state index is -3.91. The largest absolute Gasteiger partial charge is 0.413 e. The average Bonchev–Trinajstić information content (AvgIpc) is 3.31.